The van der Waals surface area contributed by atoms with Crippen LogP contribution in [-0.2, 0) is 18.3 Å². The first-order valence-corrected chi connectivity index (χ1v) is 28.9. The molecule has 386 valence electrons. The van der Waals surface area contributed by atoms with E-state index in [4.69, 9.17) is 0 Å². The Kier molecular flexibility index (Phi) is 11.9. The van der Waals surface area contributed by atoms with Crippen molar-refractivity contribution in [2.45, 2.75) is 44.9 Å². The largest absolute Gasteiger partial charge is 0.310 e. The molecule has 12 aromatic carbocycles. The highest BCUT2D eigenvalue weighted by molar-refractivity contribution is 6.10. The minimum Gasteiger partial charge on any atom is -0.310 e. The minimum absolute atomic E-state index is 0.463. The van der Waals surface area contributed by atoms with Crippen LogP contribution in [-0.4, -0.2) is 4.57 Å². The Morgan fingerprint density at radius 2 is 0.704 bits per heavy atom. The Labute approximate surface area is 475 Å². The molecular formula is C79H60N2. The third-order valence-corrected chi connectivity index (χ3v) is 17.5. The van der Waals surface area contributed by atoms with Crippen LogP contribution in [0.2, 0.25) is 0 Å². The van der Waals surface area contributed by atoms with E-state index in [0.717, 1.165) is 48.3 Å². The number of benzene rings is 12. The summed E-state index contributed by atoms with van der Waals surface area (Å²) in [6, 6.07) is 105. The number of anilines is 3. The number of rotatable bonds is 12. The molecule has 81 heavy (non-hydrogen) atoms. The van der Waals surface area contributed by atoms with E-state index in [2.05, 4.69) is 302 Å². The smallest absolute Gasteiger partial charge is 0.0726 e. The molecule has 0 N–H and O–H groups in total. The van der Waals surface area contributed by atoms with E-state index in [-0.39, 0.29) is 0 Å². The average molecular weight is 1040 g/mol. The number of fused-ring (bicyclic) bond motifs is 13. The van der Waals surface area contributed by atoms with Crippen molar-refractivity contribution < 1.29 is 0 Å². The van der Waals surface area contributed by atoms with Crippen LogP contribution in [0.4, 0.5) is 17.1 Å². The molecule has 0 fully saturated rings. The Bertz CT molecular complexity index is 4380. The van der Waals surface area contributed by atoms with Gasteiger partial charge in [-0.1, -0.05) is 239 Å². The lowest BCUT2D eigenvalue weighted by molar-refractivity contribution is 0.793. The highest BCUT2D eigenvalue weighted by atomic mass is 15.1. The summed E-state index contributed by atoms with van der Waals surface area (Å²) in [6.45, 7) is 4.53. The molecule has 2 aliphatic carbocycles. The lowest BCUT2D eigenvalue weighted by Crippen LogP contribution is -2.26. The molecular weight excluding hydrogens is 977 g/mol. The second-order valence-corrected chi connectivity index (χ2v) is 22.1. The van der Waals surface area contributed by atoms with E-state index in [9.17, 15) is 0 Å². The van der Waals surface area contributed by atoms with E-state index >= 15 is 0 Å². The number of aromatic nitrogens is 1. The summed E-state index contributed by atoms with van der Waals surface area (Å²) in [5.41, 5.74) is 29.4. The molecule has 2 aliphatic rings. The van der Waals surface area contributed by atoms with Crippen molar-refractivity contribution in [3.63, 3.8) is 0 Å². The topological polar surface area (TPSA) is 8.17 Å². The van der Waals surface area contributed by atoms with Crippen molar-refractivity contribution in [2.24, 2.45) is 0 Å². The van der Waals surface area contributed by atoms with E-state index in [0.29, 0.717) is 0 Å². The van der Waals surface area contributed by atoms with Crippen LogP contribution in [0.15, 0.2) is 279 Å². The summed E-state index contributed by atoms with van der Waals surface area (Å²) in [5.74, 6) is 0. The van der Waals surface area contributed by atoms with Gasteiger partial charge in [-0.25, -0.2) is 0 Å². The van der Waals surface area contributed by atoms with Crippen molar-refractivity contribution in [2.75, 3.05) is 4.90 Å². The Balaban J connectivity index is 0.800. The molecule has 0 amide bonds. The zero-order valence-electron chi connectivity index (χ0n) is 45.8. The Hall–Kier alpha value is -9.76. The molecule has 15 rings (SSSR count). The maximum Gasteiger partial charge on any atom is 0.0726 e. The van der Waals surface area contributed by atoms with Gasteiger partial charge in [0, 0.05) is 33.4 Å². The van der Waals surface area contributed by atoms with Crippen molar-refractivity contribution >= 4 is 38.9 Å². The summed E-state index contributed by atoms with van der Waals surface area (Å²) < 4.78 is 2.45. The molecule has 0 saturated heterocycles. The van der Waals surface area contributed by atoms with Crippen LogP contribution in [0.3, 0.4) is 0 Å². The van der Waals surface area contributed by atoms with Crippen molar-refractivity contribution in [1.82, 2.24) is 4.57 Å². The lowest BCUT2D eigenvalue weighted by Gasteiger charge is -2.32. The van der Waals surface area contributed by atoms with Crippen LogP contribution in [0.1, 0.15) is 60.1 Å². The summed E-state index contributed by atoms with van der Waals surface area (Å²) in [7, 11) is 0. The van der Waals surface area contributed by atoms with Crippen LogP contribution < -0.4 is 4.90 Å². The zero-order chi connectivity index (χ0) is 54.0. The van der Waals surface area contributed by atoms with Gasteiger partial charge in [-0.3, -0.25) is 0 Å². The first-order chi connectivity index (χ1) is 40.1. The van der Waals surface area contributed by atoms with Crippen LogP contribution in [0.5, 0.6) is 0 Å². The van der Waals surface area contributed by atoms with Gasteiger partial charge in [0.15, 0.2) is 0 Å². The predicted molar refractivity (Wildman–Crippen MR) is 341 cm³/mol. The SMILES string of the molecule is CCCc1ccc2c(c1)c1cc(CCC)ccc1n2-c1ccc(-c2ccc(-c3ccc(N(c4ccc5c(c4)C4(c6ccccc6-c6ccccc64)c4ccccc4-5)c4ccccc4-c4ccc(-c5ccccc5)cc4)cc3)cc2)cc1. The normalized spacial score (nSPS) is 12.6. The van der Waals surface area contributed by atoms with Crippen LogP contribution >= 0.6 is 0 Å². The fourth-order valence-electron chi connectivity index (χ4n) is 13.8. The molecule has 0 radical (unpaired) electrons. The Morgan fingerprint density at radius 3 is 1.21 bits per heavy atom. The lowest BCUT2D eigenvalue weighted by atomic mass is 9.70. The monoisotopic (exact) mass is 1040 g/mol. The first-order valence-electron chi connectivity index (χ1n) is 28.9. The van der Waals surface area contributed by atoms with Gasteiger partial charge < -0.3 is 9.47 Å². The number of nitrogens with zero attached hydrogens (tertiary/aromatic N) is 2. The molecule has 1 heterocycles. The molecule has 0 atom stereocenters. The third-order valence-electron chi connectivity index (χ3n) is 17.5. The summed E-state index contributed by atoms with van der Waals surface area (Å²) >= 11 is 0. The van der Waals surface area contributed by atoms with E-state index < -0.39 is 5.41 Å². The van der Waals surface area contributed by atoms with Crippen molar-refractivity contribution in [1.29, 1.82) is 0 Å². The van der Waals surface area contributed by atoms with Crippen LogP contribution in [0, 0.1) is 0 Å². The average Bonchev–Trinajstić information content (AvgIpc) is 2.68. The molecule has 2 nitrogen and oxygen atoms in total. The molecule has 1 aromatic heterocycles. The standard InChI is InChI=1S/C79H60N2/c1-3-16-53-28-48-77-70(50-53)71-51-54(17-4-2)29-49-78(71)81(77)63-44-40-60(41-45-63)58-32-30-57(31-33-58)59-38-42-62(43-39-59)80(76-27-15-11-20-65(76)61-36-34-56(35-37-61)55-18-6-5-7-19-55)64-46-47-69-68-23-10-14-26-74(68)79(75(69)52-64)72-24-12-8-21-66(72)67-22-9-13-25-73(67)79/h5-15,18-52H,3-4,16-17H2,1-2H3. The predicted octanol–water partition coefficient (Wildman–Crippen LogP) is 21.2. The molecule has 0 unspecified atom stereocenters. The van der Waals surface area contributed by atoms with Gasteiger partial charge in [0.2, 0.25) is 0 Å². The number of para-hydroxylation sites is 1. The fourth-order valence-corrected chi connectivity index (χ4v) is 13.8. The minimum atomic E-state index is -0.463. The highest BCUT2D eigenvalue weighted by Gasteiger charge is 2.51. The highest BCUT2D eigenvalue weighted by Crippen LogP contribution is 2.63. The molecule has 0 aliphatic heterocycles. The zero-order valence-corrected chi connectivity index (χ0v) is 45.8. The first kappa shape index (κ1) is 48.4. The van der Waals surface area contributed by atoms with E-state index in [1.54, 1.807) is 0 Å². The van der Waals surface area contributed by atoms with Gasteiger partial charge in [0.25, 0.3) is 0 Å². The molecule has 1 spiro atoms. The maximum absolute atomic E-state index is 2.50. The number of hydrogen-bond donors (Lipinski definition) is 0. The van der Waals surface area contributed by atoms with Gasteiger partial charge >= 0.3 is 0 Å². The van der Waals surface area contributed by atoms with E-state index in [1.807, 2.05) is 0 Å². The van der Waals surface area contributed by atoms with Gasteiger partial charge in [0.1, 0.15) is 0 Å². The van der Waals surface area contributed by atoms with Crippen molar-refractivity contribution in [3.05, 3.63) is 312 Å². The summed E-state index contributed by atoms with van der Waals surface area (Å²) in [6.07, 6.45) is 4.47. The maximum atomic E-state index is 2.50. The molecule has 2 heteroatoms. The molecule has 13 aromatic rings. The third kappa shape index (κ3) is 7.92. The second-order valence-electron chi connectivity index (χ2n) is 22.1. The van der Waals surface area contributed by atoms with Gasteiger partial charge in [-0.05, 0) is 174 Å². The van der Waals surface area contributed by atoms with Crippen molar-refractivity contribution in [3.8, 4) is 72.4 Å². The van der Waals surface area contributed by atoms with Gasteiger partial charge in [-0.2, -0.15) is 0 Å². The fraction of sp³-hybridized carbons (Fsp3) is 0.0886. The number of hydrogen-bond acceptors (Lipinski definition) is 1. The summed E-state index contributed by atoms with van der Waals surface area (Å²) in [5, 5.41) is 2.68. The summed E-state index contributed by atoms with van der Waals surface area (Å²) in [4.78, 5) is 2.48. The molecule has 0 bridgehead atoms. The van der Waals surface area contributed by atoms with Crippen LogP contribution in [0.25, 0.3) is 94.3 Å². The molecule has 0 saturated carbocycles. The van der Waals surface area contributed by atoms with Gasteiger partial charge in [0.05, 0.1) is 22.1 Å². The number of aryl methyl sites for hydroxylation is 2. The Morgan fingerprint density at radius 1 is 0.309 bits per heavy atom. The van der Waals surface area contributed by atoms with E-state index in [1.165, 1.54) is 122 Å². The second kappa shape index (κ2) is 19.9. The quantitative estimate of drug-likeness (QED) is 0.118. The van der Waals surface area contributed by atoms with Gasteiger partial charge in [-0.15, -0.1) is 0 Å².